The monoisotopic (exact) mass is 273 g/mol. The Kier molecular flexibility index (Phi) is 4.35. The molecule has 0 aromatic heterocycles. The zero-order chi connectivity index (χ0) is 13.8. The predicted octanol–water partition coefficient (Wildman–Crippen LogP) is 3.92. The van der Waals surface area contributed by atoms with E-state index in [1.165, 1.54) is 0 Å². The van der Waals surface area contributed by atoms with Crippen molar-refractivity contribution in [1.82, 2.24) is 0 Å². The second-order valence-corrected chi connectivity index (χ2v) is 5.02. The highest BCUT2D eigenvalue weighted by Gasteiger charge is 2.13. The third-order valence-corrected chi connectivity index (χ3v) is 3.53. The lowest BCUT2D eigenvalue weighted by atomic mass is 9.98. The third-order valence-electron chi connectivity index (χ3n) is 3.13. The predicted molar refractivity (Wildman–Crippen MR) is 78.5 cm³/mol. The van der Waals surface area contributed by atoms with Gasteiger partial charge in [0.05, 0.1) is 0 Å². The molecule has 98 valence electrons. The van der Waals surface area contributed by atoms with Gasteiger partial charge in [0.1, 0.15) is 0 Å². The molecule has 0 radical (unpaired) electrons. The van der Waals surface area contributed by atoms with Gasteiger partial charge in [0.2, 0.25) is 0 Å². The molecule has 1 unspecified atom stereocenters. The van der Waals surface area contributed by atoms with Crippen LogP contribution in [0.1, 0.15) is 33.9 Å². The molecule has 0 amide bonds. The van der Waals surface area contributed by atoms with E-state index in [2.05, 4.69) is 0 Å². The summed E-state index contributed by atoms with van der Waals surface area (Å²) in [5.74, 6) is 0.0123. The van der Waals surface area contributed by atoms with Crippen LogP contribution in [0.5, 0.6) is 0 Å². The number of nitrogens with two attached hydrogens (primary N) is 1. The lowest BCUT2D eigenvalue weighted by molar-refractivity contribution is 0.0974. The molecule has 0 saturated carbocycles. The molecular formula is C16H16ClNO. The van der Waals surface area contributed by atoms with Gasteiger partial charge in [-0.25, -0.2) is 0 Å². The molecule has 0 aliphatic carbocycles. The molecule has 0 spiro atoms. The van der Waals surface area contributed by atoms with Crippen LogP contribution in [0.15, 0.2) is 48.5 Å². The average molecular weight is 274 g/mol. The van der Waals surface area contributed by atoms with Gasteiger partial charge in [-0.2, -0.15) is 0 Å². The number of hydrogen-bond donors (Lipinski definition) is 1. The molecule has 0 heterocycles. The van der Waals surface area contributed by atoms with Gasteiger partial charge in [-0.15, -0.1) is 0 Å². The Morgan fingerprint density at radius 1 is 1.21 bits per heavy atom. The molecule has 2 nitrogen and oxygen atoms in total. The number of aryl methyl sites for hydroxylation is 1. The maximum Gasteiger partial charge on any atom is 0.164 e. The van der Waals surface area contributed by atoms with Gasteiger partial charge in [-0.1, -0.05) is 54.1 Å². The van der Waals surface area contributed by atoms with Crippen molar-refractivity contribution in [3.05, 3.63) is 70.2 Å². The highest BCUT2D eigenvalue weighted by atomic mass is 35.5. The molecule has 2 rings (SSSR count). The SMILES string of the molecule is Cc1ccc(C(=O)CC(N)c2ccccc2)cc1Cl. The van der Waals surface area contributed by atoms with Crippen molar-refractivity contribution in [2.75, 3.05) is 0 Å². The Labute approximate surface area is 118 Å². The first-order chi connectivity index (χ1) is 9.08. The number of rotatable bonds is 4. The van der Waals surface area contributed by atoms with E-state index in [0.29, 0.717) is 10.6 Å². The standard InChI is InChI=1S/C16H16ClNO/c1-11-7-8-13(9-14(11)17)16(19)10-15(18)12-5-3-2-4-6-12/h2-9,15H,10,18H2,1H3. The second-order valence-electron chi connectivity index (χ2n) is 4.61. The number of hydrogen-bond acceptors (Lipinski definition) is 2. The van der Waals surface area contributed by atoms with E-state index >= 15 is 0 Å². The van der Waals surface area contributed by atoms with Gasteiger partial charge >= 0.3 is 0 Å². The molecular weight excluding hydrogens is 258 g/mol. The Balaban J connectivity index is 2.11. The average Bonchev–Trinajstić information content (AvgIpc) is 2.42. The lowest BCUT2D eigenvalue weighted by Crippen LogP contribution is -2.15. The van der Waals surface area contributed by atoms with E-state index in [1.807, 2.05) is 43.3 Å². The van der Waals surface area contributed by atoms with Gasteiger partial charge in [0, 0.05) is 23.0 Å². The summed E-state index contributed by atoms with van der Waals surface area (Å²) in [4.78, 5) is 12.2. The molecule has 0 fully saturated rings. The Morgan fingerprint density at radius 3 is 2.53 bits per heavy atom. The van der Waals surface area contributed by atoms with Gasteiger partial charge in [0.25, 0.3) is 0 Å². The van der Waals surface area contributed by atoms with Crippen molar-refractivity contribution in [2.45, 2.75) is 19.4 Å². The smallest absolute Gasteiger partial charge is 0.164 e. The Bertz CT molecular complexity index is 581. The van der Waals surface area contributed by atoms with Crippen LogP contribution in [0.25, 0.3) is 0 Å². The van der Waals surface area contributed by atoms with E-state index < -0.39 is 0 Å². The van der Waals surface area contributed by atoms with Crippen LogP contribution >= 0.6 is 11.6 Å². The normalized spacial score (nSPS) is 12.2. The van der Waals surface area contributed by atoms with Crippen molar-refractivity contribution >= 4 is 17.4 Å². The first kappa shape index (κ1) is 13.8. The Morgan fingerprint density at radius 2 is 1.89 bits per heavy atom. The summed E-state index contributed by atoms with van der Waals surface area (Å²) in [5.41, 5.74) is 8.59. The van der Waals surface area contributed by atoms with Crippen LogP contribution in [0, 0.1) is 6.92 Å². The van der Waals surface area contributed by atoms with Crippen molar-refractivity contribution in [2.24, 2.45) is 5.73 Å². The first-order valence-corrected chi connectivity index (χ1v) is 6.55. The van der Waals surface area contributed by atoms with Gasteiger partial charge in [-0.3, -0.25) is 4.79 Å². The van der Waals surface area contributed by atoms with Gasteiger partial charge in [-0.05, 0) is 24.1 Å². The van der Waals surface area contributed by atoms with Gasteiger partial charge in [0.15, 0.2) is 5.78 Å². The minimum Gasteiger partial charge on any atom is -0.324 e. The van der Waals surface area contributed by atoms with Crippen LogP contribution in [-0.4, -0.2) is 5.78 Å². The van der Waals surface area contributed by atoms with Gasteiger partial charge < -0.3 is 5.73 Å². The fourth-order valence-electron chi connectivity index (χ4n) is 1.90. The number of ketones is 1. The van der Waals surface area contributed by atoms with Crippen LogP contribution in [0.3, 0.4) is 0 Å². The lowest BCUT2D eigenvalue weighted by Gasteiger charge is -2.11. The summed E-state index contributed by atoms with van der Waals surface area (Å²) in [6.45, 7) is 1.91. The largest absolute Gasteiger partial charge is 0.324 e. The summed E-state index contributed by atoms with van der Waals surface area (Å²) < 4.78 is 0. The maximum absolute atomic E-state index is 12.2. The summed E-state index contributed by atoms with van der Waals surface area (Å²) in [5, 5.41) is 0.610. The summed E-state index contributed by atoms with van der Waals surface area (Å²) in [6.07, 6.45) is 0.281. The van der Waals surface area contributed by atoms with Crippen LogP contribution < -0.4 is 5.73 Å². The number of halogens is 1. The number of benzene rings is 2. The van der Waals surface area contributed by atoms with E-state index in [9.17, 15) is 4.79 Å². The first-order valence-electron chi connectivity index (χ1n) is 6.18. The van der Waals surface area contributed by atoms with Crippen molar-refractivity contribution in [1.29, 1.82) is 0 Å². The molecule has 2 aromatic carbocycles. The molecule has 0 bridgehead atoms. The minimum absolute atomic E-state index is 0.0123. The second kappa shape index (κ2) is 6.00. The van der Waals surface area contributed by atoms with Crippen molar-refractivity contribution in [3.63, 3.8) is 0 Å². The zero-order valence-electron chi connectivity index (χ0n) is 10.8. The molecule has 0 aliphatic rings. The highest BCUT2D eigenvalue weighted by Crippen LogP contribution is 2.20. The fourth-order valence-corrected chi connectivity index (χ4v) is 2.08. The van der Waals surface area contributed by atoms with Crippen molar-refractivity contribution in [3.8, 4) is 0 Å². The van der Waals surface area contributed by atoms with Crippen molar-refractivity contribution < 1.29 is 4.79 Å². The molecule has 0 aliphatic heterocycles. The highest BCUT2D eigenvalue weighted by molar-refractivity contribution is 6.31. The number of Topliss-reactive ketones (excluding diaryl/α,β-unsaturated/α-hetero) is 1. The number of carbonyl (C=O) groups excluding carboxylic acids is 1. The van der Waals surface area contributed by atoms with Crippen LogP contribution in [0.2, 0.25) is 5.02 Å². The molecule has 2 N–H and O–H groups in total. The summed E-state index contributed by atoms with van der Waals surface area (Å²) in [6, 6.07) is 14.7. The molecule has 2 aromatic rings. The fraction of sp³-hybridized carbons (Fsp3) is 0.188. The van der Waals surface area contributed by atoms with E-state index in [-0.39, 0.29) is 18.2 Å². The Hall–Kier alpha value is -1.64. The van der Waals surface area contributed by atoms with E-state index in [1.54, 1.807) is 12.1 Å². The molecule has 19 heavy (non-hydrogen) atoms. The summed E-state index contributed by atoms with van der Waals surface area (Å²) in [7, 11) is 0. The molecule has 0 saturated heterocycles. The quantitative estimate of drug-likeness (QED) is 0.858. The van der Waals surface area contributed by atoms with E-state index in [4.69, 9.17) is 17.3 Å². The zero-order valence-corrected chi connectivity index (χ0v) is 11.5. The number of carbonyl (C=O) groups is 1. The van der Waals surface area contributed by atoms with E-state index in [0.717, 1.165) is 11.1 Å². The maximum atomic E-state index is 12.2. The topological polar surface area (TPSA) is 43.1 Å². The summed E-state index contributed by atoms with van der Waals surface area (Å²) >= 11 is 6.03. The van der Waals surface area contributed by atoms with Crippen LogP contribution in [0.4, 0.5) is 0 Å². The minimum atomic E-state index is -0.284. The third kappa shape index (κ3) is 3.43. The molecule has 3 heteroatoms. The molecule has 1 atom stereocenters. The van der Waals surface area contributed by atoms with Crippen LogP contribution in [-0.2, 0) is 0 Å².